The quantitative estimate of drug-likeness (QED) is 0.136. The summed E-state index contributed by atoms with van der Waals surface area (Å²) in [4.78, 5) is 34.4. The van der Waals surface area contributed by atoms with Gasteiger partial charge in [0.25, 0.3) is 0 Å². The van der Waals surface area contributed by atoms with E-state index in [2.05, 4.69) is 47.4 Å². The van der Waals surface area contributed by atoms with Crippen LogP contribution in [0.2, 0.25) is 10.0 Å². The lowest BCUT2D eigenvalue weighted by atomic mass is 9.81. The Morgan fingerprint density at radius 2 is 1.46 bits per heavy atom. The van der Waals surface area contributed by atoms with E-state index in [9.17, 15) is 14.1 Å². The average molecular weight is 759 g/mol. The van der Waals surface area contributed by atoms with Crippen molar-refractivity contribution < 1.29 is 14.1 Å². The van der Waals surface area contributed by atoms with Crippen LogP contribution < -0.4 is 0 Å². The number of benzene rings is 4. The first-order chi connectivity index (χ1) is 24.9. The molecule has 9 heteroatoms. The minimum atomic E-state index is -0.955. The first kappa shape index (κ1) is 38.4. The highest BCUT2D eigenvalue weighted by atomic mass is 35.5. The van der Waals surface area contributed by atoms with Crippen LogP contribution in [0.3, 0.4) is 0 Å². The smallest absolute Gasteiger partial charge is 0.224 e. The number of fused-ring (bicyclic) bond motifs is 2. The Labute approximate surface area is 322 Å². The van der Waals surface area contributed by atoms with Crippen molar-refractivity contribution in [2.75, 3.05) is 40.3 Å². The molecular weight excluding hydrogens is 709 g/mol. The maximum atomic E-state index is 14.8. The molecule has 2 aliphatic heterocycles. The maximum absolute atomic E-state index is 14.8. The number of hydrogen-bond donors (Lipinski definition) is 0. The highest BCUT2D eigenvalue weighted by molar-refractivity contribution is 7.92. The third kappa shape index (κ3) is 7.81. The SMILES string of the molecule is CC(C)C(=O)N(C)CC(CCN1CCC2(CC1)c1ccccc1C[S+]2[O-])(c1ccc(Cl)c(Cl)c1)N(C)C(=O)CC(c1ccccc1)c1ccccc1. The van der Waals surface area contributed by atoms with Gasteiger partial charge in [0.05, 0.1) is 15.6 Å². The van der Waals surface area contributed by atoms with Gasteiger partial charge in [-0.25, -0.2) is 0 Å². The molecule has 0 aliphatic carbocycles. The molecule has 2 heterocycles. The fourth-order valence-electron chi connectivity index (χ4n) is 8.30. The highest BCUT2D eigenvalue weighted by Gasteiger charge is 2.52. The van der Waals surface area contributed by atoms with E-state index in [-0.39, 0.29) is 41.4 Å². The van der Waals surface area contributed by atoms with E-state index >= 15 is 0 Å². The zero-order valence-corrected chi connectivity index (χ0v) is 32.9. The molecule has 0 bridgehead atoms. The van der Waals surface area contributed by atoms with Gasteiger partial charge in [0, 0.05) is 82.5 Å². The largest absolute Gasteiger partial charge is 0.615 e. The van der Waals surface area contributed by atoms with Crippen molar-refractivity contribution >= 4 is 46.2 Å². The molecule has 2 aliphatic rings. The number of carbonyl (C=O) groups is 2. The van der Waals surface area contributed by atoms with Crippen LogP contribution in [0, 0.1) is 5.92 Å². The van der Waals surface area contributed by atoms with E-state index in [4.69, 9.17) is 23.2 Å². The first-order valence-corrected chi connectivity index (χ1v) is 20.3. The number of rotatable bonds is 12. The molecule has 6 nitrogen and oxygen atoms in total. The van der Waals surface area contributed by atoms with Crippen molar-refractivity contribution in [1.82, 2.24) is 14.7 Å². The molecule has 0 aromatic heterocycles. The van der Waals surface area contributed by atoms with Gasteiger partial charge in [0.2, 0.25) is 11.8 Å². The van der Waals surface area contributed by atoms with E-state index in [1.54, 1.807) is 11.0 Å². The Hall–Kier alpha value is -3.33. The monoisotopic (exact) mass is 757 g/mol. The predicted octanol–water partition coefficient (Wildman–Crippen LogP) is 8.63. The van der Waals surface area contributed by atoms with Crippen molar-refractivity contribution in [1.29, 1.82) is 0 Å². The zero-order chi connectivity index (χ0) is 37.0. The number of amides is 2. The molecule has 274 valence electrons. The molecule has 0 N–H and O–H groups in total. The summed E-state index contributed by atoms with van der Waals surface area (Å²) >= 11 is 12.2. The van der Waals surface area contributed by atoms with Crippen LogP contribution in [-0.2, 0) is 36.8 Å². The van der Waals surface area contributed by atoms with Crippen molar-refractivity contribution in [2.24, 2.45) is 5.92 Å². The number of hydrogen-bond acceptors (Lipinski definition) is 4. The van der Waals surface area contributed by atoms with E-state index in [0.29, 0.717) is 28.8 Å². The van der Waals surface area contributed by atoms with Crippen molar-refractivity contribution in [3.63, 3.8) is 0 Å². The standard InChI is InChI=1S/C43H49Cl2N3O3S/c1-31(2)41(50)46(3)30-42(35-19-20-38(44)39(45)27-35,21-24-48-25-22-43(23-26-48)37-18-12-11-17-34(37)29-52(43)51)47(4)40(49)28-36(32-13-7-5-8-14-32)33-15-9-6-10-16-33/h5-20,27,31,36H,21-26,28-30H2,1-4H3. The van der Waals surface area contributed by atoms with Gasteiger partial charge in [0.15, 0.2) is 4.75 Å². The van der Waals surface area contributed by atoms with Gasteiger partial charge in [0.1, 0.15) is 5.75 Å². The van der Waals surface area contributed by atoms with Crippen LogP contribution in [0.25, 0.3) is 0 Å². The van der Waals surface area contributed by atoms with Crippen LogP contribution in [0.4, 0.5) is 0 Å². The molecule has 6 rings (SSSR count). The minimum Gasteiger partial charge on any atom is -0.615 e. The van der Waals surface area contributed by atoms with Crippen molar-refractivity contribution in [3.8, 4) is 0 Å². The Morgan fingerprint density at radius 1 is 0.865 bits per heavy atom. The number of carbonyl (C=O) groups excluding carboxylic acids is 2. The molecule has 1 saturated heterocycles. The Morgan fingerprint density at radius 3 is 2.06 bits per heavy atom. The van der Waals surface area contributed by atoms with Gasteiger partial charge in [-0.1, -0.05) is 128 Å². The molecule has 1 fully saturated rings. The lowest BCUT2D eigenvalue weighted by Gasteiger charge is -2.47. The normalized spacial score (nSPS) is 18.0. The number of likely N-dealkylation sites (tertiary alicyclic amines) is 1. The number of nitrogens with zero attached hydrogens (tertiary/aromatic N) is 3. The van der Waals surface area contributed by atoms with Crippen molar-refractivity contribution in [3.05, 3.63) is 141 Å². The molecule has 0 saturated carbocycles. The Bertz CT molecular complexity index is 1810. The van der Waals surface area contributed by atoms with E-state index in [1.165, 1.54) is 11.1 Å². The maximum Gasteiger partial charge on any atom is 0.224 e. The van der Waals surface area contributed by atoms with Crippen LogP contribution in [0.5, 0.6) is 0 Å². The second-order valence-electron chi connectivity index (χ2n) is 14.8. The van der Waals surface area contributed by atoms with Crippen LogP contribution in [0.15, 0.2) is 103 Å². The van der Waals surface area contributed by atoms with Gasteiger partial charge in [-0.3, -0.25) is 9.59 Å². The Balaban J connectivity index is 1.34. The third-order valence-electron chi connectivity index (χ3n) is 11.4. The molecule has 0 radical (unpaired) electrons. The van der Waals surface area contributed by atoms with Gasteiger partial charge < -0.3 is 19.3 Å². The minimum absolute atomic E-state index is 0.000903. The van der Waals surface area contributed by atoms with E-state index in [0.717, 1.165) is 42.6 Å². The Kier molecular flexibility index (Phi) is 12.1. The lowest BCUT2D eigenvalue weighted by Crippen LogP contribution is -2.56. The third-order valence-corrected chi connectivity index (χ3v) is 14.2. The summed E-state index contributed by atoms with van der Waals surface area (Å²) in [5.74, 6) is 0.203. The van der Waals surface area contributed by atoms with Crippen LogP contribution in [-0.4, -0.2) is 71.3 Å². The zero-order valence-electron chi connectivity index (χ0n) is 30.6. The van der Waals surface area contributed by atoms with Gasteiger partial charge in [-0.15, -0.1) is 0 Å². The predicted molar refractivity (Wildman–Crippen MR) is 213 cm³/mol. The van der Waals surface area contributed by atoms with Gasteiger partial charge in [-0.2, -0.15) is 0 Å². The summed E-state index contributed by atoms with van der Waals surface area (Å²) in [6, 6.07) is 34.3. The number of likely N-dealkylation sites (N-methyl/N-ethyl adjacent to an activating group) is 2. The van der Waals surface area contributed by atoms with Crippen LogP contribution in [0.1, 0.15) is 73.3 Å². The summed E-state index contributed by atoms with van der Waals surface area (Å²) < 4.78 is 13.3. The molecule has 2 amide bonds. The summed E-state index contributed by atoms with van der Waals surface area (Å²) in [7, 11) is 3.69. The van der Waals surface area contributed by atoms with Gasteiger partial charge in [-0.05, 0) is 46.4 Å². The number of halogens is 2. The summed E-state index contributed by atoms with van der Waals surface area (Å²) in [6.45, 7) is 6.33. The second-order valence-corrected chi connectivity index (χ2v) is 17.3. The molecule has 2 unspecified atom stereocenters. The van der Waals surface area contributed by atoms with Crippen molar-refractivity contribution in [2.45, 2.75) is 61.5 Å². The second kappa shape index (κ2) is 16.4. The average Bonchev–Trinajstić information content (AvgIpc) is 3.43. The fourth-order valence-corrected chi connectivity index (χ4v) is 10.5. The molecule has 1 spiro atoms. The van der Waals surface area contributed by atoms with E-state index in [1.807, 2.05) is 87.4 Å². The topological polar surface area (TPSA) is 66.9 Å². The molecule has 4 aromatic rings. The molecule has 2 atom stereocenters. The van der Waals surface area contributed by atoms with Crippen LogP contribution >= 0.6 is 23.2 Å². The molecule has 52 heavy (non-hydrogen) atoms. The first-order valence-electron chi connectivity index (χ1n) is 18.2. The van der Waals surface area contributed by atoms with Gasteiger partial charge >= 0.3 is 0 Å². The summed E-state index contributed by atoms with van der Waals surface area (Å²) in [6.07, 6.45) is 2.42. The van der Waals surface area contributed by atoms with E-state index < -0.39 is 16.7 Å². The highest BCUT2D eigenvalue weighted by Crippen LogP contribution is 2.49. The fraction of sp³-hybridized carbons (Fsp3) is 0.395. The lowest BCUT2D eigenvalue weighted by molar-refractivity contribution is -0.143. The molecular formula is C43H49Cl2N3O3S. The molecule has 4 aromatic carbocycles. The number of piperidine rings is 1. The summed E-state index contributed by atoms with van der Waals surface area (Å²) in [5.41, 5.74) is 4.47. The summed E-state index contributed by atoms with van der Waals surface area (Å²) in [5, 5.41) is 0.829.